The summed E-state index contributed by atoms with van der Waals surface area (Å²) in [6.45, 7) is 0. The summed E-state index contributed by atoms with van der Waals surface area (Å²) in [6.07, 6.45) is 6.87. The normalized spacial score (nSPS) is 20.4. The molecule has 2 aromatic heterocycles. The molecule has 1 aromatic carbocycles. The van der Waals surface area contributed by atoms with Gasteiger partial charge in [0.25, 0.3) is 0 Å². The van der Waals surface area contributed by atoms with E-state index in [2.05, 4.69) is 15.4 Å². The average Bonchev–Trinajstić information content (AvgIpc) is 3.03. The van der Waals surface area contributed by atoms with Gasteiger partial charge in [0.05, 0.1) is 5.69 Å². The van der Waals surface area contributed by atoms with Crippen LogP contribution in [0.3, 0.4) is 0 Å². The molecule has 2 heterocycles. The maximum Gasteiger partial charge on any atom is 0.177 e. The molecule has 4 rings (SSSR count). The van der Waals surface area contributed by atoms with Crippen molar-refractivity contribution in [3.05, 3.63) is 47.8 Å². The first kappa shape index (κ1) is 16.7. The molecule has 0 saturated heterocycles. The second kappa shape index (κ2) is 6.53. The minimum absolute atomic E-state index is 0.171. The number of nitrogens with one attached hydrogen (secondary N) is 1. The first-order chi connectivity index (χ1) is 12.5. The zero-order valence-corrected chi connectivity index (χ0v) is 14.1. The van der Waals surface area contributed by atoms with Crippen LogP contribution >= 0.6 is 0 Å². The molecule has 0 unspecified atom stereocenters. The third kappa shape index (κ3) is 3.08. The van der Waals surface area contributed by atoms with Gasteiger partial charge in [-0.2, -0.15) is 0 Å². The van der Waals surface area contributed by atoms with Crippen LogP contribution in [0, 0.1) is 11.6 Å². The molecule has 1 aliphatic carbocycles. The summed E-state index contributed by atoms with van der Waals surface area (Å²) in [7, 11) is 0. The molecule has 136 valence electrons. The summed E-state index contributed by atoms with van der Waals surface area (Å²) in [4.78, 5) is 4.34. The van der Waals surface area contributed by atoms with E-state index in [4.69, 9.17) is 11.5 Å². The summed E-state index contributed by atoms with van der Waals surface area (Å²) >= 11 is 0. The smallest absolute Gasteiger partial charge is 0.177 e. The number of imidazole rings is 1. The van der Waals surface area contributed by atoms with E-state index < -0.39 is 11.6 Å². The predicted molar refractivity (Wildman–Crippen MR) is 96.2 cm³/mol. The van der Waals surface area contributed by atoms with Gasteiger partial charge in [-0.1, -0.05) is 0 Å². The van der Waals surface area contributed by atoms with Crippen molar-refractivity contribution in [3.63, 3.8) is 0 Å². The molecule has 1 aliphatic rings. The second-order valence-electron chi connectivity index (χ2n) is 6.76. The number of hydrogen-bond acceptors (Lipinski definition) is 5. The third-order valence-corrected chi connectivity index (χ3v) is 4.92. The van der Waals surface area contributed by atoms with Crippen molar-refractivity contribution in [2.24, 2.45) is 5.73 Å². The van der Waals surface area contributed by atoms with Crippen LogP contribution in [0.4, 0.5) is 26.0 Å². The Kier molecular flexibility index (Phi) is 4.20. The van der Waals surface area contributed by atoms with Gasteiger partial charge in [0.1, 0.15) is 17.5 Å². The molecule has 6 nitrogen and oxygen atoms in total. The highest BCUT2D eigenvalue weighted by atomic mass is 19.1. The predicted octanol–water partition coefficient (Wildman–Crippen LogP) is 3.32. The average molecular weight is 358 g/mol. The van der Waals surface area contributed by atoms with Gasteiger partial charge in [0.15, 0.2) is 5.65 Å². The Hall–Kier alpha value is -2.74. The number of nitrogen functional groups attached to an aromatic ring is 1. The molecule has 0 aliphatic heterocycles. The van der Waals surface area contributed by atoms with Crippen LogP contribution in [0.1, 0.15) is 37.2 Å². The summed E-state index contributed by atoms with van der Waals surface area (Å²) in [5, 5.41) is 7.50. The largest absolute Gasteiger partial charge is 0.382 e. The molecule has 1 saturated carbocycles. The lowest BCUT2D eigenvalue weighted by atomic mass is 9.81. The van der Waals surface area contributed by atoms with E-state index >= 15 is 0 Å². The number of nitrogens with zero attached hydrogens (tertiary/aromatic N) is 3. The van der Waals surface area contributed by atoms with Crippen LogP contribution in [-0.4, -0.2) is 20.6 Å². The summed E-state index contributed by atoms with van der Waals surface area (Å²) in [6, 6.07) is 3.50. The van der Waals surface area contributed by atoms with E-state index in [1.165, 1.54) is 12.1 Å². The van der Waals surface area contributed by atoms with E-state index in [9.17, 15) is 8.78 Å². The van der Waals surface area contributed by atoms with Crippen molar-refractivity contribution in [3.8, 4) is 0 Å². The summed E-state index contributed by atoms with van der Waals surface area (Å²) in [5.41, 5.74) is 14.6. The van der Waals surface area contributed by atoms with E-state index in [-0.39, 0.29) is 12.0 Å². The number of anilines is 3. The molecule has 0 spiro atoms. The van der Waals surface area contributed by atoms with Gasteiger partial charge in [-0.15, -0.1) is 5.10 Å². The van der Waals surface area contributed by atoms with Crippen LogP contribution in [0.5, 0.6) is 0 Å². The fourth-order valence-electron chi connectivity index (χ4n) is 3.69. The Morgan fingerprint density at radius 1 is 1.08 bits per heavy atom. The first-order valence-electron chi connectivity index (χ1n) is 8.62. The topological polar surface area (TPSA) is 94.3 Å². The zero-order chi connectivity index (χ0) is 18.3. The van der Waals surface area contributed by atoms with Crippen LogP contribution in [-0.2, 0) is 0 Å². The molecule has 0 radical (unpaired) electrons. The lowest BCUT2D eigenvalue weighted by Crippen LogP contribution is -2.26. The monoisotopic (exact) mass is 358 g/mol. The number of halogens is 2. The molecule has 8 heteroatoms. The lowest BCUT2D eigenvalue weighted by molar-refractivity contribution is 0.396. The van der Waals surface area contributed by atoms with Crippen molar-refractivity contribution >= 4 is 22.8 Å². The van der Waals surface area contributed by atoms with Crippen LogP contribution < -0.4 is 16.8 Å². The number of benzene rings is 1. The fraction of sp³-hybridized carbons (Fsp3) is 0.333. The molecular weight excluding hydrogens is 338 g/mol. The minimum Gasteiger partial charge on any atom is -0.382 e. The Balaban J connectivity index is 1.82. The summed E-state index contributed by atoms with van der Waals surface area (Å²) in [5.74, 6) is -0.751. The van der Waals surface area contributed by atoms with Crippen molar-refractivity contribution in [2.75, 3.05) is 11.1 Å². The van der Waals surface area contributed by atoms with E-state index in [1.54, 1.807) is 16.9 Å². The first-order valence-corrected chi connectivity index (χ1v) is 8.62. The number of fused-ring (bicyclic) bond motifs is 1. The minimum atomic E-state index is -0.654. The van der Waals surface area contributed by atoms with Gasteiger partial charge in [-0.05, 0) is 43.7 Å². The van der Waals surface area contributed by atoms with Crippen molar-refractivity contribution in [2.45, 2.75) is 37.6 Å². The van der Waals surface area contributed by atoms with Gasteiger partial charge in [-0.3, -0.25) is 0 Å². The van der Waals surface area contributed by atoms with Crippen LogP contribution in [0.25, 0.3) is 5.65 Å². The summed E-state index contributed by atoms with van der Waals surface area (Å²) < 4.78 is 28.8. The van der Waals surface area contributed by atoms with Gasteiger partial charge < -0.3 is 16.8 Å². The maximum absolute atomic E-state index is 13.6. The Morgan fingerprint density at radius 3 is 2.46 bits per heavy atom. The number of aromatic nitrogens is 3. The molecule has 3 aromatic rings. The Labute approximate surface area is 149 Å². The van der Waals surface area contributed by atoms with Crippen molar-refractivity contribution in [1.82, 2.24) is 14.6 Å². The van der Waals surface area contributed by atoms with Gasteiger partial charge in [0, 0.05) is 35.8 Å². The maximum atomic E-state index is 13.6. The molecule has 26 heavy (non-hydrogen) atoms. The van der Waals surface area contributed by atoms with Crippen LogP contribution in [0.2, 0.25) is 0 Å². The highest BCUT2D eigenvalue weighted by Gasteiger charge is 2.27. The number of nitrogens with two attached hydrogens (primary N) is 2. The highest BCUT2D eigenvalue weighted by Crippen LogP contribution is 2.41. The molecule has 0 amide bonds. The Morgan fingerprint density at radius 2 is 1.77 bits per heavy atom. The fourth-order valence-corrected chi connectivity index (χ4v) is 3.69. The van der Waals surface area contributed by atoms with E-state index in [0.29, 0.717) is 22.8 Å². The van der Waals surface area contributed by atoms with E-state index in [0.717, 1.165) is 37.3 Å². The number of hydrogen-bond donors (Lipinski definition) is 3. The lowest BCUT2D eigenvalue weighted by Gasteiger charge is -2.28. The van der Waals surface area contributed by atoms with Crippen molar-refractivity contribution in [1.29, 1.82) is 0 Å². The van der Waals surface area contributed by atoms with Gasteiger partial charge in [0.2, 0.25) is 0 Å². The molecule has 1 fully saturated rings. The van der Waals surface area contributed by atoms with Gasteiger partial charge >= 0.3 is 0 Å². The molecule has 0 atom stereocenters. The third-order valence-electron chi connectivity index (χ3n) is 4.92. The zero-order valence-electron chi connectivity index (χ0n) is 14.1. The van der Waals surface area contributed by atoms with Crippen molar-refractivity contribution < 1.29 is 8.78 Å². The SMILES string of the molecule is Nc1nn2ccnc2c(Nc2cc(F)cc(F)c2)c1C1CCC(N)CC1. The second-order valence-corrected chi connectivity index (χ2v) is 6.76. The van der Waals surface area contributed by atoms with E-state index in [1.807, 2.05) is 0 Å². The molecule has 5 N–H and O–H groups in total. The quantitative estimate of drug-likeness (QED) is 0.668. The Bertz CT molecular complexity index is 926. The van der Waals surface area contributed by atoms with Gasteiger partial charge in [-0.25, -0.2) is 18.3 Å². The number of rotatable bonds is 3. The molecule has 0 bridgehead atoms. The van der Waals surface area contributed by atoms with Crippen LogP contribution in [0.15, 0.2) is 30.6 Å². The molecular formula is C18H20F2N6. The standard InChI is InChI=1S/C18H20F2N6/c19-11-7-12(20)9-14(8-11)24-16-15(10-1-3-13(21)4-2-10)17(22)25-26-6-5-23-18(16)26/h5-10,13,24H,1-4,21H2,(H2,22,25). The highest BCUT2D eigenvalue weighted by molar-refractivity contribution is 5.80.